The van der Waals surface area contributed by atoms with Crippen LogP contribution in [0.3, 0.4) is 0 Å². The van der Waals surface area contributed by atoms with Gasteiger partial charge in [0.05, 0.1) is 5.56 Å². The average molecular weight is 452 g/mol. The Bertz CT molecular complexity index is 917. The van der Waals surface area contributed by atoms with E-state index in [1.807, 2.05) is 0 Å². The molecule has 0 bridgehead atoms. The van der Waals surface area contributed by atoms with Crippen LogP contribution < -0.4 is 0 Å². The average Bonchev–Trinajstić information content (AvgIpc) is 2.73. The van der Waals surface area contributed by atoms with Crippen LogP contribution in [0, 0.1) is 5.92 Å². The number of hydrogen-bond acceptors (Lipinski definition) is 3. The molecule has 2 aliphatic heterocycles. The molecular formula is C23H24F3NO3S. The van der Waals surface area contributed by atoms with Gasteiger partial charge in [0.2, 0.25) is 0 Å². The van der Waals surface area contributed by atoms with Gasteiger partial charge in [-0.05, 0) is 71.7 Å². The van der Waals surface area contributed by atoms with Crippen molar-refractivity contribution in [1.82, 2.24) is 4.90 Å². The van der Waals surface area contributed by atoms with E-state index in [-0.39, 0.29) is 17.4 Å². The number of likely N-dealkylation sites (tertiary alicyclic amines) is 1. The van der Waals surface area contributed by atoms with Gasteiger partial charge in [-0.3, -0.25) is 4.79 Å². The Hall–Kier alpha value is -2.03. The second-order valence-corrected chi connectivity index (χ2v) is 9.93. The van der Waals surface area contributed by atoms with E-state index in [0.717, 1.165) is 30.5 Å². The minimum Gasteiger partial charge on any atom is -0.616 e. The number of carbonyl (C=O) groups is 1. The van der Waals surface area contributed by atoms with Gasteiger partial charge >= 0.3 is 6.18 Å². The first-order valence-corrected chi connectivity index (χ1v) is 11.8. The second-order valence-electron chi connectivity index (χ2n) is 8.47. The van der Waals surface area contributed by atoms with Crippen LogP contribution in [0.5, 0.6) is 0 Å². The summed E-state index contributed by atoms with van der Waals surface area (Å²) in [4.78, 5) is 14.6. The molecule has 8 heteroatoms. The van der Waals surface area contributed by atoms with Crippen molar-refractivity contribution in [3.8, 4) is 0 Å². The predicted octanol–water partition coefficient (Wildman–Crippen LogP) is 3.75. The summed E-state index contributed by atoms with van der Waals surface area (Å²) < 4.78 is 49.4. The van der Waals surface area contributed by atoms with E-state index in [1.54, 1.807) is 29.2 Å². The van der Waals surface area contributed by atoms with Gasteiger partial charge in [-0.1, -0.05) is 24.3 Å². The van der Waals surface area contributed by atoms with Crippen molar-refractivity contribution in [1.29, 1.82) is 0 Å². The predicted molar refractivity (Wildman–Crippen MR) is 112 cm³/mol. The lowest BCUT2D eigenvalue weighted by atomic mass is 9.89. The number of halogens is 3. The van der Waals surface area contributed by atoms with Gasteiger partial charge in [0.1, 0.15) is 11.5 Å². The van der Waals surface area contributed by atoms with Gasteiger partial charge in [0, 0.05) is 18.7 Å². The molecule has 166 valence electrons. The van der Waals surface area contributed by atoms with Crippen LogP contribution in [0.15, 0.2) is 48.5 Å². The van der Waals surface area contributed by atoms with Gasteiger partial charge < -0.3 is 14.6 Å². The normalized spacial score (nSPS) is 24.7. The third-order valence-electron chi connectivity index (χ3n) is 6.18. The Morgan fingerprint density at radius 2 is 1.65 bits per heavy atom. The van der Waals surface area contributed by atoms with Crippen LogP contribution in [0.2, 0.25) is 0 Å². The van der Waals surface area contributed by atoms with Crippen molar-refractivity contribution >= 4 is 17.1 Å². The van der Waals surface area contributed by atoms with Crippen LogP contribution in [0.1, 0.15) is 39.9 Å². The molecule has 0 atom stereocenters. The summed E-state index contributed by atoms with van der Waals surface area (Å²) >= 11 is -0.979. The van der Waals surface area contributed by atoms with Gasteiger partial charge in [-0.15, -0.1) is 0 Å². The number of benzene rings is 2. The number of nitrogens with zero attached hydrogens (tertiary/aromatic N) is 1. The van der Waals surface area contributed by atoms with Gasteiger partial charge in [-0.25, -0.2) is 0 Å². The number of aliphatic hydroxyl groups is 1. The number of carbonyl (C=O) groups excluding carboxylic acids is 1. The Morgan fingerprint density at radius 3 is 2.16 bits per heavy atom. The smallest absolute Gasteiger partial charge is 0.416 e. The SMILES string of the molecule is O=C(c1ccc(C2(O)C[S+]([O-])C2)cc1)N1CCC(Cc2ccc(C(F)(F)F)cc2)CC1. The Kier molecular flexibility index (Phi) is 6.07. The van der Waals surface area contributed by atoms with Crippen LogP contribution in [-0.2, 0) is 29.4 Å². The van der Waals surface area contributed by atoms with E-state index >= 15 is 0 Å². The molecule has 1 amide bonds. The highest BCUT2D eigenvalue weighted by atomic mass is 32.2. The van der Waals surface area contributed by atoms with Crippen molar-refractivity contribution in [2.75, 3.05) is 24.6 Å². The van der Waals surface area contributed by atoms with E-state index in [2.05, 4.69) is 0 Å². The molecule has 4 nitrogen and oxygen atoms in total. The second kappa shape index (κ2) is 8.48. The lowest BCUT2D eigenvalue weighted by molar-refractivity contribution is -0.137. The van der Waals surface area contributed by atoms with Crippen LogP contribution >= 0.6 is 0 Å². The summed E-state index contributed by atoms with van der Waals surface area (Å²) in [7, 11) is 0. The highest BCUT2D eigenvalue weighted by Gasteiger charge is 2.48. The molecular weight excluding hydrogens is 427 g/mol. The number of piperidine rings is 1. The molecule has 0 saturated carbocycles. The highest BCUT2D eigenvalue weighted by Crippen LogP contribution is 2.34. The zero-order valence-corrected chi connectivity index (χ0v) is 17.7. The molecule has 2 heterocycles. The van der Waals surface area contributed by atoms with Crippen LogP contribution in [-0.4, -0.2) is 45.1 Å². The first kappa shape index (κ1) is 22.2. The fraction of sp³-hybridized carbons (Fsp3) is 0.435. The van der Waals surface area contributed by atoms with E-state index in [9.17, 15) is 27.6 Å². The fourth-order valence-electron chi connectivity index (χ4n) is 4.27. The summed E-state index contributed by atoms with van der Waals surface area (Å²) in [5.41, 5.74) is 0.416. The zero-order chi connectivity index (χ0) is 22.2. The van der Waals surface area contributed by atoms with E-state index in [4.69, 9.17) is 0 Å². The molecule has 2 aliphatic rings. The molecule has 31 heavy (non-hydrogen) atoms. The van der Waals surface area contributed by atoms with E-state index < -0.39 is 28.5 Å². The van der Waals surface area contributed by atoms with Crippen molar-refractivity contribution < 1.29 is 27.6 Å². The summed E-state index contributed by atoms with van der Waals surface area (Å²) in [5, 5.41) is 10.4. The van der Waals surface area contributed by atoms with Gasteiger partial charge in [0.25, 0.3) is 5.91 Å². The third kappa shape index (κ3) is 4.91. The molecule has 0 aromatic heterocycles. The first-order valence-electron chi connectivity index (χ1n) is 10.3. The quantitative estimate of drug-likeness (QED) is 0.721. The van der Waals surface area contributed by atoms with Crippen molar-refractivity contribution in [3.05, 3.63) is 70.8 Å². The molecule has 0 unspecified atom stereocenters. The largest absolute Gasteiger partial charge is 0.616 e. The number of hydrogen-bond donors (Lipinski definition) is 1. The van der Waals surface area contributed by atoms with Crippen LogP contribution in [0.25, 0.3) is 0 Å². The number of amides is 1. The zero-order valence-electron chi connectivity index (χ0n) is 16.9. The Morgan fingerprint density at radius 1 is 1.06 bits per heavy atom. The third-order valence-corrected chi connectivity index (χ3v) is 7.78. The lowest BCUT2D eigenvalue weighted by Crippen LogP contribution is -2.52. The highest BCUT2D eigenvalue weighted by molar-refractivity contribution is 7.92. The monoisotopic (exact) mass is 451 g/mol. The number of alkyl halides is 3. The molecule has 2 aromatic carbocycles. The Balaban J connectivity index is 1.30. The maximum atomic E-state index is 12.8. The van der Waals surface area contributed by atoms with Crippen molar-refractivity contribution in [3.63, 3.8) is 0 Å². The van der Waals surface area contributed by atoms with Gasteiger partial charge in [0.15, 0.2) is 5.60 Å². The topological polar surface area (TPSA) is 63.6 Å². The summed E-state index contributed by atoms with van der Waals surface area (Å²) in [5.74, 6) is 0.722. The standard InChI is InChI=1S/C23H24F3NO3S/c24-23(25,26)20-5-1-16(2-6-20)13-17-9-11-27(12-10-17)21(28)18-3-7-19(8-4-18)22(29)14-31(30)15-22/h1-8,17,29H,9-15H2. The summed E-state index contributed by atoms with van der Waals surface area (Å²) in [6, 6.07) is 12.2. The summed E-state index contributed by atoms with van der Waals surface area (Å²) in [6.45, 7) is 1.21. The maximum Gasteiger partial charge on any atom is 0.416 e. The molecule has 2 fully saturated rings. The van der Waals surface area contributed by atoms with Crippen LogP contribution in [0.4, 0.5) is 13.2 Å². The molecule has 1 N–H and O–H groups in total. The Labute approximate surface area is 182 Å². The van der Waals surface area contributed by atoms with E-state index in [1.165, 1.54) is 12.1 Å². The molecule has 4 rings (SSSR count). The maximum absolute atomic E-state index is 12.8. The van der Waals surface area contributed by atoms with Gasteiger partial charge in [-0.2, -0.15) is 13.2 Å². The molecule has 0 radical (unpaired) electrons. The first-order chi connectivity index (χ1) is 14.6. The fourth-order valence-corrected chi connectivity index (χ4v) is 5.58. The molecule has 2 saturated heterocycles. The summed E-state index contributed by atoms with van der Waals surface area (Å²) in [6.07, 6.45) is -2.02. The minimum absolute atomic E-state index is 0.0660. The van der Waals surface area contributed by atoms with Crippen molar-refractivity contribution in [2.45, 2.75) is 31.0 Å². The minimum atomic E-state index is -4.32. The lowest BCUT2D eigenvalue weighted by Gasteiger charge is -2.37. The number of rotatable bonds is 4. The molecule has 0 spiro atoms. The molecule has 0 aliphatic carbocycles. The van der Waals surface area contributed by atoms with E-state index in [0.29, 0.717) is 36.6 Å². The molecule has 2 aromatic rings. The van der Waals surface area contributed by atoms with Crippen molar-refractivity contribution in [2.24, 2.45) is 5.92 Å².